The molecule has 0 amide bonds. The average molecular weight is 635 g/mol. The monoisotopic (exact) mass is 634 g/mol. The maximum Gasteiger partial charge on any atom is 0.305 e. The summed E-state index contributed by atoms with van der Waals surface area (Å²) in [5, 5.41) is 8.58. The summed E-state index contributed by atoms with van der Waals surface area (Å²) in [7, 11) is 0. The molecule has 0 saturated carbocycles. The van der Waals surface area contributed by atoms with Crippen LogP contribution < -0.4 is 0 Å². The van der Waals surface area contributed by atoms with Crippen LogP contribution in [0.2, 0.25) is 0 Å². The lowest BCUT2D eigenvalue weighted by atomic mass is 10.1. The third kappa shape index (κ3) is 38.9. The highest BCUT2D eigenvalue weighted by atomic mass is 16.6. The highest BCUT2D eigenvalue weighted by Crippen LogP contribution is 2.10. The zero-order valence-electron chi connectivity index (χ0n) is 28.0. The van der Waals surface area contributed by atoms with Gasteiger partial charge in [0.15, 0.2) is 0 Å². The van der Waals surface area contributed by atoms with Gasteiger partial charge < -0.3 is 43.0 Å². The molecular weight excluding hydrogens is 568 g/mol. The molecule has 10 nitrogen and oxygen atoms in total. The Bertz CT molecular complexity index is 576. The highest BCUT2D eigenvalue weighted by Gasteiger charge is 2.02. The number of aliphatic hydroxyl groups is 1. The van der Waals surface area contributed by atoms with Crippen molar-refractivity contribution in [2.75, 3.05) is 106 Å². The second kappa shape index (κ2) is 39.9. The quantitative estimate of drug-likeness (QED) is 0.0518. The summed E-state index contributed by atoms with van der Waals surface area (Å²) in [5.41, 5.74) is 0. The van der Waals surface area contributed by atoms with Crippen LogP contribution in [0.5, 0.6) is 0 Å². The average Bonchev–Trinajstić information content (AvgIpc) is 3.03. The van der Waals surface area contributed by atoms with E-state index in [-0.39, 0.29) is 19.2 Å². The van der Waals surface area contributed by atoms with Crippen molar-refractivity contribution in [1.82, 2.24) is 0 Å². The molecular formula is C34H66O10. The summed E-state index contributed by atoms with van der Waals surface area (Å²) in [5.74, 6) is -0.140. The molecule has 0 aromatic carbocycles. The molecule has 0 aliphatic heterocycles. The van der Waals surface area contributed by atoms with Crippen molar-refractivity contribution in [2.24, 2.45) is 0 Å². The Morgan fingerprint density at radius 2 is 0.795 bits per heavy atom. The first-order valence-electron chi connectivity index (χ1n) is 17.3. The molecule has 0 aliphatic rings. The van der Waals surface area contributed by atoms with Gasteiger partial charge in [0, 0.05) is 6.42 Å². The van der Waals surface area contributed by atoms with E-state index in [4.69, 9.17) is 43.0 Å². The van der Waals surface area contributed by atoms with Gasteiger partial charge in [0.25, 0.3) is 0 Å². The third-order valence-electron chi connectivity index (χ3n) is 6.60. The Hall–Kier alpha value is -1.11. The van der Waals surface area contributed by atoms with E-state index >= 15 is 0 Å². The number of unbranched alkanes of at least 4 members (excludes halogenated alkanes) is 11. The van der Waals surface area contributed by atoms with Gasteiger partial charge in [-0.25, -0.2) is 0 Å². The second-order valence-electron chi connectivity index (χ2n) is 10.6. The standard InChI is InChI=1S/C34H66O10/c1-2-3-4-5-6-7-8-9-10-11-12-13-14-15-16-17-34(36)44-33-32-43-31-30-42-29-28-41-27-26-40-25-24-39-23-22-38-21-20-37-19-18-35/h9-10,35H,2-8,11-33H2,1H3. The number of rotatable bonds is 38. The van der Waals surface area contributed by atoms with E-state index in [0.717, 1.165) is 12.8 Å². The van der Waals surface area contributed by atoms with E-state index in [2.05, 4.69) is 19.1 Å². The van der Waals surface area contributed by atoms with Crippen molar-refractivity contribution in [1.29, 1.82) is 0 Å². The number of allylic oxidation sites excluding steroid dienone is 2. The Morgan fingerprint density at radius 3 is 1.20 bits per heavy atom. The zero-order valence-corrected chi connectivity index (χ0v) is 28.0. The first-order chi connectivity index (χ1) is 21.8. The summed E-state index contributed by atoms with van der Waals surface area (Å²) < 4.78 is 42.9. The van der Waals surface area contributed by atoms with Crippen LogP contribution in [0.3, 0.4) is 0 Å². The fourth-order valence-corrected chi connectivity index (χ4v) is 4.11. The number of aliphatic hydroxyl groups excluding tert-OH is 1. The summed E-state index contributed by atoms with van der Waals surface area (Å²) in [6, 6.07) is 0. The van der Waals surface area contributed by atoms with Gasteiger partial charge in [0.1, 0.15) is 6.61 Å². The number of ether oxygens (including phenoxy) is 8. The molecule has 262 valence electrons. The van der Waals surface area contributed by atoms with Gasteiger partial charge in [-0.3, -0.25) is 4.79 Å². The maximum atomic E-state index is 11.8. The molecule has 0 fully saturated rings. The fraction of sp³-hybridized carbons (Fsp3) is 0.912. The summed E-state index contributed by atoms with van der Waals surface area (Å²) in [6.45, 7) is 9.18. The molecule has 0 radical (unpaired) electrons. The van der Waals surface area contributed by atoms with Gasteiger partial charge in [-0.15, -0.1) is 0 Å². The molecule has 44 heavy (non-hydrogen) atoms. The minimum absolute atomic E-state index is 0.0260. The Balaban J connectivity index is 3.17. The molecule has 0 unspecified atom stereocenters. The number of hydrogen-bond acceptors (Lipinski definition) is 10. The van der Waals surface area contributed by atoms with E-state index in [1.165, 1.54) is 70.6 Å². The zero-order chi connectivity index (χ0) is 31.9. The van der Waals surface area contributed by atoms with Gasteiger partial charge >= 0.3 is 5.97 Å². The summed E-state index contributed by atoms with van der Waals surface area (Å²) in [4.78, 5) is 11.8. The van der Waals surface area contributed by atoms with E-state index in [0.29, 0.717) is 98.9 Å². The van der Waals surface area contributed by atoms with Gasteiger partial charge in [-0.2, -0.15) is 0 Å². The Kier molecular flexibility index (Phi) is 38.9. The minimum atomic E-state index is -0.140. The first kappa shape index (κ1) is 42.9. The molecule has 0 aromatic heterocycles. The van der Waals surface area contributed by atoms with Crippen LogP contribution in [0.15, 0.2) is 12.2 Å². The first-order valence-corrected chi connectivity index (χ1v) is 17.3. The van der Waals surface area contributed by atoms with Crippen LogP contribution in [-0.2, 0) is 42.7 Å². The molecule has 0 aliphatic carbocycles. The summed E-state index contributed by atoms with van der Waals surface area (Å²) >= 11 is 0. The molecule has 0 aromatic rings. The third-order valence-corrected chi connectivity index (χ3v) is 6.60. The van der Waals surface area contributed by atoms with Crippen LogP contribution in [0, 0.1) is 0 Å². The van der Waals surface area contributed by atoms with E-state index < -0.39 is 0 Å². The fourth-order valence-electron chi connectivity index (χ4n) is 4.11. The number of hydrogen-bond donors (Lipinski definition) is 1. The SMILES string of the molecule is CCCCCCCCC=CCCCCCCCC(=O)OCCOCCOCCOCCOCCOCCOCCOCCO. The summed E-state index contributed by atoms with van der Waals surface area (Å²) in [6.07, 6.45) is 21.4. The lowest BCUT2D eigenvalue weighted by molar-refractivity contribution is -0.145. The topological polar surface area (TPSA) is 111 Å². The number of esters is 1. The molecule has 0 saturated heterocycles. The van der Waals surface area contributed by atoms with Gasteiger partial charge in [-0.1, -0.05) is 70.4 Å². The van der Waals surface area contributed by atoms with Gasteiger partial charge in [-0.05, 0) is 32.1 Å². The molecule has 1 N–H and O–H groups in total. The predicted octanol–water partition coefficient (Wildman–Crippen LogP) is 5.68. The van der Waals surface area contributed by atoms with Gasteiger partial charge in [0.2, 0.25) is 0 Å². The highest BCUT2D eigenvalue weighted by molar-refractivity contribution is 5.69. The molecule has 0 atom stereocenters. The van der Waals surface area contributed by atoms with Gasteiger partial charge in [0.05, 0.1) is 99.1 Å². The maximum absolute atomic E-state index is 11.8. The van der Waals surface area contributed by atoms with E-state index in [9.17, 15) is 4.79 Å². The molecule has 0 spiro atoms. The smallest absolute Gasteiger partial charge is 0.305 e. The largest absolute Gasteiger partial charge is 0.463 e. The van der Waals surface area contributed by atoms with Crippen molar-refractivity contribution in [3.63, 3.8) is 0 Å². The van der Waals surface area contributed by atoms with E-state index in [1.807, 2.05) is 0 Å². The molecule has 10 heteroatoms. The van der Waals surface area contributed by atoms with Crippen molar-refractivity contribution < 1.29 is 47.8 Å². The Labute approximate surface area is 268 Å². The molecule has 0 heterocycles. The van der Waals surface area contributed by atoms with E-state index in [1.54, 1.807) is 0 Å². The Morgan fingerprint density at radius 1 is 0.455 bits per heavy atom. The van der Waals surface area contributed by atoms with Crippen LogP contribution >= 0.6 is 0 Å². The van der Waals surface area contributed by atoms with Crippen molar-refractivity contribution in [3.05, 3.63) is 12.2 Å². The lowest BCUT2D eigenvalue weighted by Crippen LogP contribution is -2.15. The van der Waals surface area contributed by atoms with Crippen LogP contribution in [0.1, 0.15) is 96.8 Å². The predicted molar refractivity (Wildman–Crippen MR) is 173 cm³/mol. The second-order valence-corrected chi connectivity index (χ2v) is 10.6. The molecule has 0 rings (SSSR count). The van der Waals surface area contributed by atoms with Crippen LogP contribution in [0.4, 0.5) is 0 Å². The number of carbonyl (C=O) groups excluding carboxylic acids is 1. The van der Waals surface area contributed by atoms with Crippen LogP contribution in [-0.4, -0.2) is 117 Å². The number of carbonyl (C=O) groups is 1. The lowest BCUT2D eigenvalue weighted by Gasteiger charge is -2.08. The van der Waals surface area contributed by atoms with Crippen molar-refractivity contribution in [3.8, 4) is 0 Å². The van der Waals surface area contributed by atoms with Crippen LogP contribution in [0.25, 0.3) is 0 Å². The minimum Gasteiger partial charge on any atom is -0.463 e. The van der Waals surface area contributed by atoms with Crippen molar-refractivity contribution >= 4 is 5.97 Å². The molecule has 0 bridgehead atoms. The normalized spacial score (nSPS) is 11.6. The van der Waals surface area contributed by atoms with Crippen molar-refractivity contribution in [2.45, 2.75) is 96.8 Å².